The number of rotatable bonds is 5. The second-order valence-electron chi connectivity index (χ2n) is 8.36. The molecule has 2 aromatic rings. The van der Waals surface area contributed by atoms with Crippen LogP contribution in [0.25, 0.3) is 11.4 Å². The number of likely N-dealkylation sites (tertiary alicyclic amines) is 1. The minimum absolute atomic E-state index is 0.174. The van der Waals surface area contributed by atoms with Crippen molar-refractivity contribution in [1.82, 2.24) is 19.7 Å². The zero-order valence-electron chi connectivity index (χ0n) is 17.2. The molecule has 1 unspecified atom stereocenters. The Hall–Kier alpha value is -1.53. The standard InChI is InChI=1S/C22H29ClN4OS/c1-15-11-13-26(14-12-15)21(28)16(2)29-22-25-24-20(18-9-5-6-10-19(18)23)27(22)17-7-3-4-8-17/h5-6,9-10,15-17H,3-4,7-8,11-14H2,1-2H3. The molecular formula is C22H29ClN4OS. The molecule has 2 heterocycles. The second-order valence-corrected chi connectivity index (χ2v) is 10.1. The van der Waals surface area contributed by atoms with Crippen LogP contribution in [-0.2, 0) is 4.79 Å². The maximum Gasteiger partial charge on any atom is 0.235 e. The molecule has 0 N–H and O–H groups in total. The average Bonchev–Trinajstić information content (AvgIpc) is 3.38. The van der Waals surface area contributed by atoms with Gasteiger partial charge in [0.25, 0.3) is 0 Å². The highest BCUT2D eigenvalue weighted by Crippen LogP contribution is 2.39. The third-order valence-corrected chi connectivity index (χ3v) is 7.57. The molecule has 1 aromatic heterocycles. The van der Waals surface area contributed by atoms with Gasteiger partial charge in [-0.15, -0.1) is 10.2 Å². The Morgan fingerprint density at radius 1 is 1.14 bits per heavy atom. The SMILES string of the molecule is CC1CCN(C(=O)C(C)Sc2nnc(-c3ccccc3Cl)n2C2CCCC2)CC1. The van der Waals surface area contributed by atoms with Gasteiger partial charge in [-0.3, -0.25) is 9.36 Å². The summed E-state index contributed by atoms with van der Waals surface area (Å²) in [5.41, 5.74) is 0.907. The summed E-state index contributed by atoms with van der Waals surface area (Å²) in [7, 11) is 0. The summed E-state index contributed by atoms with van der Waals surface area (Å²) in [6.45, 7) is 5.99. The molecule has 0 spiro atoms. The molecule has 7 heteroatoms. The first-order chi connectivity index (χ1) is 14.0. The lowest BCUT2D eigenvalue weighted by Crippen LogP contribution is -2.41. The number of halogens is 1. The molecule has 1 aromatic carbocycles. The van der Waals surface area contributed by atoms with Crippen LogP contribution in [0.4, 0.5) is 0 Å². The van der Waals surface area contributed by atoms with E-state index in [4.69, 9.17) is 11.6 Å². The van der Waals surface area contributed by atoms with Crippen LogP contribution in [0.5, 0.6) is 0 Å². The molecule has 1 saturated heterocycles. The predicted octanol–water partition coefficient (Wildman–Crippen LogP) is 5.45. The Kier molecular flexibility index (Phi) is 6.50. The summed E-state index contributed by atoms with van der Waals surface area (Å²) in [6, 6.07) is 8.16. The van der Waals surface area contributed by atoms with Gasteiger partial charge in [0.1, 0.15) is 0 Å². The van der Waals surface area contributed by atoms with E-state index in [0.717, 1.165) is 55.3 Å². The molecule has 5 nitrogen and oxygen atoms in total. The van der Waals surface area contributed by atoms with Gasteiger partial charge in [0.15, 0.2) is 11.0 Å². The number of benzene rings is 1. The number of carbonyl (C=O) groups is 1. The molecule has 1 aliphatic carbocycles. The number of hydrogen-bond donors (Lipinski definition) is 0. The number of thioether (sulfide) groups is 1. The van der Waals surface area contributed by atoms with E-state index in [9.17, 15) is 4.79 Å². The van der Waals surface area contributed by atoms with Crippen LogP contribution in [0.1, 0.15) is 58.4 Å². The van der Waals surface area contributed by atoms with E-state index in [0.29, 0.717) is 17.0 Å². The van der Waals surface area contributed by atoms with E-state index in [-0.39, 0.29) is 11.2 Å². The van der Waals surface area contributed by atoms with E-state index in [2.05, 4.69) is 21.7 Å². The Morgan fingerprint density at radius 2 is 1.83 bits per heavy atom. The van der Waals surface area contributed by atoms with Crippen LogP contribution in [0.2, 0.25) is 5.02 Å². The fraction of sp³-hybridized carbons (Fsp3) is 0.591. The van der Waals surface area contributed by atoms with Crippen LogP contribution in [0.3, 0.4) is 0 Å². The Balaban J connectivity index is 1.58. The summed E-state index contributed by atoms with van der Waals surface area (Å²) in [5.74, 6) is 1.74. The van der Waals surface area contributed by atoms with Gasteiger partial charge in [-0.05, 0) is 50.7 Å². The van der Waals surface area contributed by atoms with Crippen LogP contribution in [-0.4, -0.2) is 43.9 Å². The lowest BCUT2D eigenvalue weighted by Gasteiger charge is -2.32. The van der Waals surface area contributed by atoms with E-state index >= 15 is 0 Å². The van der Waals surface area contributed by atoms with Crippen molar-refractivity contribution in [3.8, 4) is 11.4 Å². The largest absolute Gasteiger partial charge is 0.342 e. The highest BCUT2D eigenvalue weighted by molar-refractivity contribution is 8.00. The van der Waals surface area contributed by atoms with Crippen LogP contribution < -0.4 is 0 Å². The van der Waals surface area contributed by atoms with Crippen molar-refractivity contribution in [2.75, 3.05) is 13.1 Å². The van der Waals surface area contributed by atoms with E-state index in [1.807, 2.05) is 36.1 Å². The molecule has 29 heavy (non-hydrogen) atoms. The van der Waals surface area contributed by atoms with Crippen LogP contribution >= 0.6 is 23.4 Å². The Morgan fingerprint density at radius 3 is 2.52 bits per heavy atom. The smallest absolute Gasteiger partial charge is 0.235 e. The van der Waals surface area contributed by atoms with Gasteiger partial charge in [0.05, 0.1) is 10.3 Å². The first kappa shape index (κ1) is 20.7. The van der Waals surface area contributed by atoms with Crippen molar-refractivity contribution < 1.29 is 4.79 Å². The highest BCUT2D eigenvalue weighted by atomic mass is 35.5. The molecule has 1 atom stereocenters. The highest BCUT2D eigenvalue weighted by Gasteiger charge is 2.30. The van der Waals surface area contributed by atoms with E-state index < -0.39 is 0 Å². The normalized spacial score (nSPS) is 19.6. The van der Waals surface area contributed by atoms with Gasteiger partial charge >= 0.3 is 0 Å². The molecule has 0 bridgehead atoms. The minimum Gasteiger partial charge on any atom is -0.342 e. The lowest BCUT2D eigenvalue weighted by atomic mass is 9.99. The zero-order valence-corrected chi connectivity index (χ0v) is 18.8. The number of hydrogen-bond acceptors (Lipinski definition) is 4. The zero-order chi connectivity index (χ0) is 20.4. The van der Waals surface area contributed by atoms with Crippen molar-refractivity contribution in [2.45, 2.75) is 68.8 Å². The topological polar surface area (TPSA) is 51.0 Å². The third-order valence-electron chi connectivity index (χ3n) is 6.19. The summed E-state index contributed by atoms with van der Waals surface area (Å²) >= 11 is 8.00. The fourth-order valence-corrected chi connectivity index (χ4v) is 5.59. The molecule has 1 amide bonds. The minimum atomic E-state index is -0.174. The summed E-state index contributed by atoms with van der Waals surface area (Å²) in [4.78, 5) is 15.0. The van der Waals surface area contributed by atoms with Crippen molar-refractivity contribution in [3.63, 3.8) is 0 Å². The van der Waals surface area contributed by atoms with E-state index in [1.165, 1.54) is 24.6 Å². The molecule has 0 radical (unpaired) electrons. The predicted molar refractivity (Wildman–Crippen MR) is 118 cm³/mol. The number of amides is 1. The Bertz CT molecular complexity index is 856. The quantitative estimate of drug-likeness (QED) is 0.589. The number of piperidine rings is 1. The van der Waals surface area contributed by atoms with E-state index in [1.54, 1.807) is 0 Å². The van der Waals surface area contributed by atoms with Crippen LogP contribution in [0, 0.1) is 5.92 Å². The molecule has 2 fully saturated rings. The molecular weight excluding hydrogens is 404 g/mol. The van der Waals surface area contributed by atoms with Gasteiger partial charge in [0, 0.05) is 24.7 Å². The maximum atomic E-state index is 13.0. The third kappa shape index (κ3) is 4.48. The number of carbonyl (C=O) groups excluding carboxylic acids is 1. The summed E-state index contributed by atoms with van der Waals surface area (Å²) in [6.07, 6.45) is 6.87. The van der Waals surface area contributed by atoms with Gasteiger partial charge in [-0.25, -0.2) is 0 Å². The van der Waals surface area contributed by atoms with Gasteiger partial charge in [-0.1, -0.05) is 55.3 Å². The first-order valence-electron chi connectivity index (χ1n) is 10.7. The molecule has 1 saturated carbocycles. The van der Waals surface area contributed by atoms with Crippen molar-refractivity contribution in [2.24, 2.45) is 5.92 Å². The van der Waals surface area contributed by atoms with Crippen molar-refractivity contribution in [1.29, 1.82) is 0 Å². The van der Waals surface area contributed by atoms with Crippen molar-refractivity contribution >= 4 is 29.3 Å². The Labute approximate surface area is 182 Å². The van der Waals surface area contributed by atoms with Gasteiger partial charge < -0.3 is 4.90 Å². The molecule has 156 valence electrons. The molecule has 2 aliphatic rings. The monoisotopic (exact) mass is 432 g/mol. The first-order valence-corrected chi connectivity index (χ1v) is 12.0. The average molecular weight is 433 g/mol. The number of nitrogens with zero attached hydrogens (tertiary/aromatic N) is 4. The molecule has 4 rings (SSSR count). The summed E-state index contributed by atoms with van der Waals surface area (Å²) in [5, 5.41) is 10.4. The molecule has 1 aliphatic heterocycles. The van der Waals surface area contributed by atoms with Gasteiger partial charge in [0.2, 0.25) is 5.91 Å². The fourth-order valence-electron chi connectivity index (χ4n) is 4.37. The van der Waals surface area contributed by atoms with Crippen molar-refractivity contribution in [3.05, 3.63) is 29.3 Å². The maximum absolute atomic E-state index is 13.0. The van der Waals surface area contributed by atoms with Gasteiger partial charge in [-0.2, -0.15) is 0 Å². The second kappa shape index (κ2) is 9.09. The summed E-state index contributed by atoms with van der Waals surface area (Å²) < 4.78 is 2.24. The van der Waals surface area contributed by atoms with Crippen LogP contribution in [0.15, 0.2) is 29.4 Å². The lowest BCUT2D eigenvalue weighted by molar-refractivity contribution is -0.131. The number of aromatic nitrogens is 3.